The van der Waals surface area contributed by atoms with Crippen LogP contribution in [0.3, 0.4) is 0 Å². The van der Waals surface area contributed by atoms with Crippen LogP contribution < -0.4 is 0 Å². The predicted molar refractivity (Wildman–Crippen MR) is 99.2 cm³/mol. The van der Waals surface area contributed by atoms with E-state index in [4.69, 9.17) is 0 Å². The molecule has 27 heavy (non-hydrogen) atoms. The summed E-state index contributed by atoms with van der Waals surface area (Å²) in [6.45, 7) is 0.840. The van der Waals surface area contributed by atoms with E-state index in [1.807, 2.05) is 24.3 Å². The molecule has 3 heterocycles. The summed E-state index contributed by atoms with van der Waals surface area (Å²) in [4.78, 5) is 44.0. The third-order valence-electron chi connectivity index (χ3n) is 5.41. The van der Waals surface area contributed by atoms with Gasteiger partial charge in [-0.05, 0) is 18.2 Å². The van der Waals surface area contributed by atoms with E-state index in [0.29, 0.717) is 24.2 Å². The molecule has 0 saturated carbocycles. The molecule has 2 aromatic carbocycles. The molecule has 0 aliphatic carbocycles. The normalized spacial score (nSPS) is 16.0. The van der Waals surface area contributed by atoms with Crippen LogP contribution in [0.4, 0.5) is 0 Å². The number of carbonyl (C=O) groups excluding carboxylic acids is 3. The number of amides is 3. The van der Waals surface area contributed by atoms with Crippen LogP contribution in [0, 0.1) is 0 Å². The minimum atomic E-state index is -0.395. The van der Waals surface area contributed by atoms with Gasteiger partial charge in [-0.3, -0.25) is 19.3 Å². The number of hydrogen-bond acceptors (Lipinski definition) is 3. The average molecular weight is 359 g/mol. The first-order valence-corrected chi connectivity index (χ1v) is 8.95. The van der Waals surface area contributed by atoms with E-state index in [9.17, 15) is 14.4 Å². The molecule has 3 amide bonds. The Kier molecular flexibility index (Phi) is 3.40. The third-order valence-corrected chi connectivity index (χ3v) is 5.41. The molecule has 1 N–H and O–H groups in total. The van der Waals surface area contributed by atoms with E-state index in [0.717, 1.165) is 33.5 Å². The topological polar surface area (TPSA) is 73.5 Å². The highest BCUT2D eigenvalue weighted by atomic mass is 16.2. The minimum absolute atomic E-state index is 0.208. The van der Waals surface area contributed by atoms with Gasteiger partial charge in [0.15, 0.2) is 0 Å². The van der Waals surface area contributed by atoms with Crippen molar-refractivity contribution < 1.29 is 14.4 Å². The standard InChI is InChI=1S/C21H17N3O3/c25-19(12-24-20(26)14-6-1-2-7-15(14)21(24)27)23-10-9-18-16(11-23)13-5-3-4-8-17(13)22-18/h1-8,22H,9-12H2. The van der Waals surface area contributed by atoms with Crippen molar-refractivity contribution in [3.63, 3.8) is 0 Å². The fourth-order valence-corrected chi connectivity index (χ4v) is 4.00. The summed E-state index contributed by atoms with van der Waals surface area (Å²) in [7, 11) is 0. The number of rotatable bonds is 2. The third kappa shape index (κ3) is 2.37. The molecule has 0 bridgehead atoms. The van der Waals surface area contributed by atoms with Gasteiger partial charge < -0.3 is 9.88 Å². The molecule has 1 aromatic heterocycles. The Balaban J connectivity index is 1.37. The second-order valence-corrected chi connectivity index (χ2v) is 6.94. The molecule has 3 aromatic rings. The maximum atomic E-state index is 12.8. The average Bonchev–Trinajstić information content (AvgIpc) is 3.19. The number of carbonyl (C=O) groups is 3. The van der Waals surface area contributed by atoms with Gasteiger partial charge in [0.1, 0.15) is 6.54 Å². The van der Waals surface area contributed by atoms with Crippen molar-refractivity contribution >= 4 is 28.6 Å². The van der Waals surface area contributed by atoms with E-state index in [-0.39, 0.29) is 12.5 Å². The van der Waals surface area contributed by atoms with Crippen molar-refractivity contribution in [2.24, 2.45) is 0 Å². The number of nitrogens with zero attached hydrogens (tertiary/aromatic N) is 2. The molecule has 0 unspecified atom stereocenters. The Bertz CT molecular complexity index is 1080. The SMILES string of the molecule is O=C(CN1C(=O)c2ccccc2C1=O)N1CCc2[nH]c3ccccc3c2C1. The Hall–Kier alpha value is -3.41. The monoisotopic (exact) mass is 359 g/mol. The van der Waals surface area contributed by atoms with Crippen LogP contribution in [-0.2, 0) is 17.8 Å². The molecule has 0 fully saturated rings. The van der Waals surface area contributed by atoms with Gasteiger partial charge in [-0.25, -0.2) is 0 Å². The lowest BCUT2D eigenvalue weighted by atomic mass is 10.0. The van der Waals surface area contributed by atoms with Gasteiger partial charge in [0.2, 0.25) is 5.91 Å². The fraction of sp³-hybridized carbons (Fsp3) is 0.190. The molecular formula is C21H17N3O3. The zero-order valence-electron chi connectivity index (χ0n) is 14.6. The van der Waals surface area contributed by atoms with Crippen molar-refractivity contribution in [1.82, 2.24) is 14.8 Å². The maximum Gasteiger partial charge on any atom is 0.262 e. The van der Waals surface area contributed by atoms with E-state index >= 15 is 0 Å². The summed E-state index contributed by atoms with van der Waals surface area (Å²) in [6, 6.07) is 14.7. The van der Waals surface area contributed by atoms with Gasteiger partial charge in [-0.1, -0.05) is 30.3 Å². The van der Waals surface area contributed by atoms with E-state index in [1.54, 1.807) is 29.2 Å². The molecule has 5 rings (SSSR count). The maximum absolute atomic E-state index is 12.8. The summed E-state index contributed by atoms with van der Waals surface area (Å²) in [5.74, 6) is -0.997. The number of para-hydroxylation sites is 1. The molecule has 6 nitrogen and oxygen atoms in total. The van der Waals surface area contributed by atoms with Crippen molar-refractivity contribution in [3.05, 3.63) is 70.9 Å². The smallest absolute Gasteiger partial charge is 0.262 e. The lowest BCUT2D eigenvalue weighted by Crippen LogP contribution is -2.44. The molecule has 2 aliphatic rings. The van der Waals surface area contributed by atoms with Gasteiger partial charge in [-0.2, -0.15) is 0 Å². The second-order valence-electron chi connectivity index (χ2n) is 6.94. The van der Waals surface area contributed by atoms with Crippen molar-refractivity contribution in [2.45, 2.75) is 13.0 Å². The van der Waals surface area contributed by atoms with Gasteiger partial charge in [0, 0.05) is 41.7 Å². The first-order chi connectivity index (χ1) is 13.1. The zero-order valence-corrected chi connectivity index (χ0v) is 14.6. The van der Waals surface area contributed by atoms with Gasteiger partial charge >= 0.3 is 0 Å². The molecule has 0 atom stereocenters. The highest BCUT2D eigenvalue weighted by Gasteiger charge is 2.37. The molecule has 0 radical (unpaired) electrons. The molecule has 0 saturated heterocycles. The Morgan fingerprint density at radius 2 is 1.63 bits per heavy atom. The number of fused-ring (bicyclic) bond motifs is 4. The van der Waals surface area contributed by atoms with Crippen molar-refractivity contribution in [3.8, 4) is 0 Å². The van der Waals surface area contributed by atoms with Crippen LogP contribution in [0.15, 0.2) is 48.5 Å². The van der Waals surface area contributed by atoms with Crippen LogP contribution in [0.2, 0.25) is 0 Å². The Labute approximate surface area is 155 Å². The number of H-pyrrole nitrogens is 1. The van der Waals surface area contributed by atoms with Crippen LogP contribution in [0.5, 0.6) is 0 Å². The fourth-order valence-electron chi connectivity index (χ4n) is 4.00. The van der Waals surface area contributed by atoms with E-state index < -0.39 is 11.8 Å². The van der Waals surface area contributed by atoms with Crippen LogP contribution in [-0.4, -0.2) is 45.6 Å². The highest BCUT2D eigenvalue weighted by molar-refractivity contribution is 6.22. The number of aromatic amines is 1. The molecular weight excluding hydrogens is 342 g/mol. The largest absolute Gasteiger partial charge is 0.358 e. The lowest BCUT2D eigenvalue weighted by molar-refractivity contribution is -0.132. The first-order valence-electron chi connectivity index (χ1n) is 8.95. The summed E-state index contributed by atoms with van der Waals surface area (Å²) < 4.78 is 0. The zero-order chi connectivity index (χ0) is 18.5. The summed E-state index contributed by atoms with van der Waals surface area (Å²) in [6.07, 6.45) is 0.734. The number of aromatic nitrogens is 1. The molecule has 6 heteroatoms. The second kappa shape index (κ2) is 5.81. The molecule has 134 valence electrons. The molecule has 0 spiro atoms. The molecule has 2 aliphatic heterocycles. The van der Waals surface area contributed by atoms with Crippen LogP contribution in [0.25, 0.3) is 10.9 Å². The summed E-state index contributed by atoms with van der Waals surface area (Å²) >= 11 is 0. The van der Waals surface area contributed by atoms with E-state index in [2.05, 4.69) is 4.98 Å². The van der Waals surface area contributed by atoms with Gasteiger partial charge in [0.25, 0.3) is 11.8 Å². The van der Waals surface area contributed by atoms with Crippen molar-refractivity contribution in [1.29, 1.82) is 0 Å². The quantitative estimate of drug-likeness (QED) is 0.714. The number of imide groups is 1. The Morgan fingerprint density at radius 3 is 2.37 bits per heavy atom. The van der Waals surface area contributed by atoms with Gasteiger partial charge in [0.05, 0.1) is 11.1 Å². The Morgan fingerprint density at radius 1 is 0.963 bits per heavy atom. The number of benzene rings is 2. The first kappa shape index (κ1) is 15.8. The van der Waals surface area contributed by atoms with Crippen molar-refractivity contribution in [2.75, 3.05) is 13.1 Å². The van der Waals surface area contributed by atoms with Crippen LogP contribution in [0.1, 0.15) is 32.0 Å². The predicted octanol–water partition coefficient (Wildman–Crippen LogP) is 2.35. The number of hydrogen-bond donors (Lipinski definition) is 1. The number of nitrogens with one attached hydrogen (secondary N) is 1. The minimum Gasteiger partial charge on any atom is -0.358 e. The van der Waals surface area contributed by atoms with E-state index in [1.165, 1.54) is 0 Å². The summed E-state index contributed by atoms with van der Waals surface area (Å²) in [5, 5.41) is 1.12. The summed E-state index contributed by atoms with van der Waals surface area (Å²) in [5.41, 5.74) is 4.08. The lowest BCUT2D eigenvalue weighted by Gasteiger charge is -2.28. The highest BCUT2D eigenvalue weighted by Crippen LogP contribution is 2.28. The van der Waals surface area contributed by atoms with Crippen LogP contribution >= 0.6 is 0 Å². The van der Waals surface area contributed by atoms with Gasteiger partial charge in [-0.15, -0.1) is 0 Å².